The molecule has 0 saturated heterocycles. The fraction of sp³-hybridized carbons (Fsp3) is 0.250. The Hall–Kier alpha value is -2.95. The summed E-state index contributed by atoms with van der Waals surface area (Å²) >= 11 is 0. The van der Waals surface area contributed by atoms with Crippen LogP contribution < -0.4 is 5.32 Å². The van der Waals surface area contributed by atoms with Crippen LogP contribution in [0.1, 0.15) is 51.1 Å². The lowest BCUT2D eigenvalue weighted by atomic mass is 9.95. The van der Waals surface area contributed by atoms with E-state index in [4.69, 9.17) is 5.11 Å². The lowest BCUT2D eigenvalue weighted by molar-refractivity contribution is -0.137. The Kier molecular flexibility index (Phi) is 6.06. The minimum absolute atomic E-state index is 0.0672. The standard InChI is InChI=1S/C20H21NO4/c1-13-7-3-4-10-16(13)21-20(25)19-14(2)8-5-9-15(19)17(22)11-6-12-18(23)24/h3-5,7-10H,6,11-12H2,1-2H3,(H,21,25)(H,23,24). The highest BCUT2D eigenvalue weighted by Crippen LogP contribution is 2.21. The Labute approximate surface area is 146 Å². The molecular weight excluding hydrogens is 318 g/mol. The van der Waals surface area contributed by atoms with Crippen molar-refractivity contribution in [3.63, 3.8) is 0 Å². The quantitative estimate of drug-likeness (QED) is 0.747. The number of amides is 1. The van der Waals surface area contributed by atoms with Crippen LogP contribution in [-0.2, 0) is 4.79 Å². The molecule has 1 amide bonds. The van der Waals surface area contributed by atoms with E-state index in [9.17, 15) is 14.4 Å². The van der Waals surface area contributed by atoms with E-state index < -0.39 is 5.97 Å². The maximum absolute atomic E-state index is 12.7. The van der Waals surface area contributed by atoms with E-state index in [1.165, 1.54) is 0 Å². The molecule has 5 heteroatoms. The van der Waals surface area contributed by atoms with E-state index in [-0.39, 0.29) is 31.0 Å². The van der Waals surface area contributed by atoms with Crippen molar-refractivity contribution in [2.45, 2.75) is 33.1 Å². The van der Waals surface area contributed by atoms with Gasteiger partial charge >= 0.3 is 5.97 Å². The van der Waals surface area contributed by atoms with Crippen LogP contribution in [0.5, 0.6) is 0 Å². The summed E-state index contributed by atoms with van der Waals surface area (Å²) < 4.78 is 0. The van der Waals surface area contributed by atoms with Gasteiger partial charge in [-0.05, 0) is 37.5 Å². The molecule has 0 aliphatic heterocycles. The summed E-state index contributed by atoms with van der Waals surface area (Å²) in [5.41, 5.74) is 3.00. The number of aryl methyl sites for hydroxylation is 2. The van der Waals surface area contributed by atoms with Crippen molar-refractivity contribution in [2.75, 3.05) is 5.32 Å². The average Bonchev–Trinajstić information content (AvgIpc) is 2.56. The van der Waals surface area contributed by atoms with Crippen molar-refractivity contribution in [2.24, 2.45) is 0 Å². The van der Waals surface area contributed by atoms with Crippen LogP contribution in [0.3, 0.4) is 0 Å². The number of carbonyl (C=O) groups excluding carboxylic acids is 2. The molecule has 130 valence electrons. The van der Waals surface area contributed by atoms with Gasteiger partial charge in [0, 0.05) is 24.1 Å². The number of ketones is 1. The highest BCUT2D eigenvalue weighted by molar-refractivity contribution is 6.13. The molecule has 0 saturated carbocycles. The molecule has 0 aliphatic carbocycles. The minimum Gasteiger partial charge on any atom is -0.481 e. The van der Waals surface area contributed by atoms with Gasteiger partial charge in [-0.15, -0.1) is 0 Å². The summed E-state index contributed by atoms with van der Waals surface area (Å²) in [6.45, 7) is 3.67. The molecule has 2 rings (SSSR count). The number of hydrogen-bond acceptors (Lipinski definition) is 3. The molecule has 0 heterocycles. The van der Waals surface area contributed by atoms with Gasteiger partial charge in [-0.3, -0.25) is 14.4 Å². The summed E-state index contributed by atoms with van der Waals surface area (Å²) in [6, 6.07) is 12.5. The van der Waals surface area contributed by atoms with E-state index in [2.05, 4.69) is 5.32 Å². The molecular formula is C20H21NO4. The molecule has 0 radical (unpaired) electrons. The highest BCUT2D eigenvalue weighted by Gasteiger charge is 2.19. The molecule has 25 heavy (non-hydrogen) atoms. The zero-order valence-corrected chi connectivity index (χ0v) is 14.3. The van der Waals surface area contributed by atoms with Crippen LogP contribution in [0, 0.1) is 13.8 Å². The zero-order chi connectivity index (χ0) is 18.4. The van der Waals surface area contributed by atoms with Crippen molar-refractivity contribution in [1.82, 2.24) is 0 Å². The van der Waals surface area contributed by atoms with Crippen molar-refractivity contribution in [1.29, 1.82) is 0 Å². The molecule has 2 aromatic rings. The number of hydrogen-bond donors (Lipinski definition) is 2. The number of carboxylic acid groups (broad SMARTS) is 1. The second kappa shape index (κ2) is 8.24. The minimum atomic E-state index is -0.936. The maximum Gasteiger partial charge on any atom is 0.303 e. The summed E-state index contributed by atoms with van der Waals surface area (Å²) in [4.78, 5) is 35.8. The highest BCUT2D eigenvalue weighted by atomic mass is 16.4. The fourth-order valence-electron chi connectivity index (χ4n) is 2.63. The third-order valence-corrected chi connectivity index (χ3v) is 3.99. The maximum atomic E-state index is 12.7. The second-order valence-corrected chi connectivity index (χ2v) is 5.94. The number of anilines is 1. The topological polar surface area (TPSA) is 83.5 Å². The van der Waals surface area contributed by atoms with E-state index in [1.807, 2.05) is 25.1 Å². The molecule has 0 aliphatic rings. The van der Waals surface area contributed by atoms with Gasteiger partial charge in [-0.25, -0.2) is 0 Å². The number of carbonyl (C=O) groups is 3. The second-order valence-electron chi connectivity index (χ2n) is 5.94. The lowest BCUT2D eigenvalue weighted by Gasteiger charge is -2.13. The van der Waals surface area contributed by atoms with Gasteiger partial charge in [0.2, 0.25) is 0 Å². The molecule has 0 bridgehead atoms. The third kappa shape index (κ3) is 4.76. The molecule has 2 N–H and O–H groups in total. The van der Waals surface area contributed by atoms with Crippen molar-refractivity contribution in [3.8, 4) is 0 Å². The largest absolute Gasteiger partial charge is 0.481 e. The third-order valence-electron chi connectivity index (χ3n) is 3.99. The van der Waals surface area contributed by atoms with Gasteiger partial charge in [-0.2, -0.15) is 0 Å². The Bertz CT molecular complexity index is 811. The zero-order valence-electron chi connectivity index (χ0n) is 14.3. The number of nitrogens with one attached hydrogen (secondary N) is 1. The number of rotatable bonds is 7. The summed E-state index contributed by atoms with van der Waals surface area (Å²) in [5, 5.41) is 11.6. The molecule has 0 aromatic heterocycles. The van der Waals surface area contributed by atoms with Crippen LogP contribution in [0.25, 0.3) is 0 Å². The first-order chi connectivity index (χ1) is 11.9. The first-order valence-corrected chi connectivity index (χ1v) is 8.11. The van der Waals surface area contributed by atoms with Gasteiger partial charge in [0.1, 0.15) is 0 Å². The number of Topliss-reactive ketones (excluding diaryl/α,β-unsaturated/α-hetero) is 1. The normalized spacial score (nSPS) is 10.3. The van der Waals surface area contributed by atoms with Crippen LogP contribution >= 0.6 is 0 Å². The molecule has 0 spiro atoms. The van der Waals surface area contributed by atoms with Gasteiger partial charge in [-0.1, -0.05) is 36.4 Å². The number of para-hydroxylation sites is 1. The SMILES string of the molecule is Cc1ccccc1NC(=O)c1c(C)cccc1C(=O)CCCC(=O)O. The summed E-state index contributed by atoms with van der Waals surface area (Å²) in [5.74, 6) is -1.50. The van der Waals surface area contributed by atoms with Gasteiger partial charge in [0.05, 0.1) is 5.56 Å². The number of benzene rings is 2. The molecule has 5 nitrogen and oxygen atoms in total. The fourth-order valence-corrected chi connectivity index (χ4v) is 2.63. The summed E-state index contributed by atoms with van der Waals surface area (Å²) in [6.07, 6.45) is 0.281. The van der Waals surface area contributed by atoms with E-state index in [1.54, 1.807) is 31.2 Å². The average molecular weight is 339 g/mol. The molecule has 2 aromatic carbocycles. The first-order valence-electron chi connectivity index (χ1n) is 8.11. The predicted octanol–water partition coefficient (Wildman–Crippen LogP) is 3.99. The number of carboxylic acids is 1. The van der Waals surface area contributed by atoms with Crippen molar-refractivity contribution >= 4 is 23.3 Å². The van der Waals surface area contributed by atoms with Crippen LogP contribution in [0.4, 0.5) is 5.69 Å². The molecule has 0 atom stereocenters. The number of aliphatic carboxylic acids is 1. The van der Waals surface area contributed by atoms with Crippen LogP contribution in [0.2, 0.25) is 0 Å². The lowest BCUT2D eigenvalue weighted by Crippen LogP contribution is -2.18. The molecule has 0 fully saturated rings. The van der Waals surface area contributed by atoms with Gasteiger partial charge < -0.3 is 10.4 Å². The first kappa shape index (κ1) is 18.4. The Morgan fingerprint density at radius 3 is 2.28 bits per heavy atom. The summed E-state index contributed by atoms with van der Waals surface area (Å²) in [7, 11) is 0. The van der Waals surface area contributed by atoms with Crippen LogP contribution in [0.15, 0.2) is 42.5 Å². The molecule has 0 unspecified atom stereocenters. The van der Waals surface area contributed by atoms with E-state index in [0.717, 1.165) is 5.56 Å². The Morgan fingerprint density at radius 1 is 0.920 bits per heavy atom. The Balaban J connectivity index is 2.25. The smallest absolute Gasteiger partial charge is 0.303 e. The van der Waals surface area contributed by atoms with Crippen molar-refractivity contribution in [3.05, 3.63) is 64.7 Å². The monoisotopic (exact) mass is 339 g/mol. The van der Waals surface area contributed by atoms with Gasteiger partial charge in [0.15, 0.2) is 5.78 Å². The Morgan fingerprint density at radius 2 is 1.60 bits per heavy atom. The van der Waals surface area contributed by atoms with Crippen molar-refractivity contribution < 1.29 is 19.5 Å². The predicted molar refractivity (Wildman–Crippen MR) is 96.1 cm³/mol. The van der Waals surface area contributed by atoms with E-state index >= 15 is 0 Å². The van der Waals surface area contributed by atoms with Crippen LogP contribution in [-0.4, -0.2) is 22.8 Å². The van der Waals surface area contributed by atoms with E-state index in [0.29, 0.717) is 22.4 Å². The van der Waals surface area contributed by atoms with Gasteiger partial charge in [0.25, 0.3) is 5.91 Å².